The molecular formula is C15H14N4O. The van der Waals surface area contributed by atoms with Crippen molar-refractivity contribution in [1.82, 2.24) is 14.5 Å². The SMILES string of the molecule is Cc1ccc(NC(=O)c2nc3ccccc3n2C)nc1. The highest BCUT2D eigenvalue weighted by molar-refractivity contribution is 6.03. The summed E-state index contributed by atoms with van der Waals surface area (Å²) in [4.78, 5) is 20.8. The second-order valence-electron chi connectivity index (χ2n) is 4.66. The van der Waals surface area contributed by atoms with Crippen LogP contribution in [0.2, 0.25) is 0 Å². The Bertz CT molecular complexity index is 774. The first-order valence-corrected chi connectivity index (χ1v) is 6.30. The molecule has 3 aromatic rings. The quantitative estimate of drug-likeness (QED) is 0.775. The second-order valence-corrected chi connectivity index (χ2v) is 4.66. The maximum absolute atomic E-state index is 12.3. The fraction of sp³-hybridized carbons (Fsp3) is 0.133. The number of carbonyl (C=O) groups excluding carboxylic acids is 1. The van der Waals surface area contributed by atoms with Crippen molar-refractivity contribution < 1.29 is 4.79 Å². The Labute approximate surface area is 116 Å². The smallest absolute Gasteiger partial charge is 0.292 e. The first-order chi connectivity index (χ1) is 9.65. The molecule has 0 spiro atoms. The van der Waals surface area contributed by atoms with Crippen molar-refractivity contribution in [2.24, 2.45) is 7.05 Å². The predicted octanol–water partition coefficient (Wildman–Crippen LogP) is 2.53. The fourth-order valence-corrected chi connectivity index (χ4v) is 2.06. The fourth-order valence-electron chi connectivity index (χ4n) is 2.06. The van der Waals surface area contributed by atoms with Crippen LogP contribution in [0.25, 0.3) is 11.0 Å². The van der Waals surface area contributed by atoms with Crippen LogP contribution in [0.4, 0.5) is 5.82 Å². The maximum atomic E-state index is 12.3. The lowest BCUT2D eigenvalue weighted by Gasteiger charge is -2.04. The van der Waals surface area contributed by atoms with Crippen molar-refractivity contribution in [3.63, 3.8) is 0 Å². The lowest BCUT2D eigenvalue weighted by Crippen LogP contribution is -2.17. The van der Waals surface area contributed by atoms with Crippen LogP contribution in [0.5, 0.6) is 0 Å². The summed E-state index contributed by atoms with van der Waals surface area (Å²) in [6, 6.07) is 11.3. The summed E-state index contributed by atoms with van der Waals surface area (Å²) in [5.41, 5.74) is 2.78. The summed E-state index contributed by atoms with van der Waals surface area (Å²) in [6.07, 6.45) is 1.71. The number of benzene rings is 1. The van der Waals surface area contributed by atoms with Crippen molar-refractivity contribution >= 4 is 22.8 Å². The molecule has 0 aliphatic heterocycles. The summed E-state index contributed by atoms with van der Waals surface area (Å²) >= 11 is 0. The monoisotopic (exact) mass is 266 g/mol. The van der Waals surface area contributed by atoms with E-state index < -0.39 is 0 Å². The average molecular weight is 266 g/mol. The summed E-state index contributed by atoms with van der Waals surface area (Å²) in [5.74, 6) is 0.626. The topological polar surface area (TPSA) is 59.8 Å². The maximum Gasteiger partial charge on any atom is 0.292 e. The molecule has 0 aliphatic carbocycles. The van der Waals surface area contributed by atoms with Gasteiger partial charge in [-0.25, -0.2) is 9.97 Å². The Morgan fingerprint density at radius 2 is 2.00 bits per heavy atom. The molecule has 2 heterocycles. The summed E-state index contributed by atoms with van der Waals surface area (Å²) in [7, 11) is 1.83. The van der Waals surface area contributed by atoms with E-state index in [0.29, 0.717) is 11.6 Å². The Kier molecular flexibility index (Phi) is 2.95. The van der Waals surface area contributed by atoms with E-state index in [2.05, 4.69) is 15.3 Å². The molecule has 0 atom stereocenters. The number of carbonyl (C=O) groups is 1. The van der Waals surface area contributed by atoms with Crippen molar-refractivity contribution in [2.45, 2.75) is 6.92 Å². The normalized spacial score (nSPS) is 10.7. The number of fused-ring (bicyclic) bond motifs is 1. The number of amides is 1. The van der Waals surface area contributed by atoms with Gasteiger partial charge in [-0.1, -0.05) is 18.2 Å². The Hall–Kier alpha value is -2.69. The number of aromatic nitrogens is 3. The first-order valence-electron chi connectivity index (χ1n) is 6.30. The van der Waals surface area contributed by atoms with Crippen LogP contribution in [0.3, 0.4) is 0 Å². The molecule has 5 heteroatoms. The van der Waals surface area contributed by atoms with Gasteiger partial charge in [0, 0.05) is 13.2 Å². The van der Waals surface area contributed by atoms with Gasteiger partial charge in [-0.2, -0.15) is 0 Å². The minimum Gasteiger partial charge on any atom is -0.323 e. The van der Waals surface area contributed by atoms with E-state index in [1.807, 2.05) is 44.3 Å². The molecule has 1 N–H and O–H groups in total. The van der Waals surface area contributed by atoms with Crippen molar-refractivity contribution in [3.05, 3.63) is 54.0 Å². The molecule has 0 aliphatic rings. The Balaban J connectivity index is 1.92. The molecule has 1 aromatic carbocycles. The zero-order chi connectivity index (χ0) is 14.1. The minimum atomic E-state index is -0.264. The molecule has 0 saturated heterocycles. The van der Waals surface area contributed by atoms with Gasteiger partial charge in [-0.3, -0.25) is 4.79 Å². The molecule has 3 rings (SSSR count). The molecular weight excluding hydrogens is 252 g/mol. The first kappa shape index (κ1) is 12.3. The van der Waals surface area contributed by atoms with Crippen LogP contribution in [0.1, 0.15) is 16.2 Å². The number of nitrogens with zero attached hydrogens (tertiary/aromatic N) is 3. The summed E-state index contributed by atoms with van der Waals surface area (Å²) in [5, 5.41) is 2.75. The van der Waals surface area contributed by atoms with Gasteiger partial charge in [0.25, 0.3) is 5.91 Å². The van der Waals surface area contributed by atoms with Gasteiger partial charge < -0.3 is 9.88 Å². The molecule has 5 nitrogen and oxygen atoms in total. The molecule has 1 amide bonds. The molecule has 0 fully saturated rings. The molecule has 0 bridgehead atoms. The van der Waals surface area contributed by atoms with Gasteiger partial charge in [0.15, 0.2) is 5.82 Å². The van der Waals surface area contributed by atoms with Crippen LogP contribution in [0, 0.1) is 6.92 Å². The van der Waals surface area contributed by atoms with Gasteiger partial charge in [-0.05, 0) is 30.7 Å². The van der Waals surface area contributed by atoms with Crippen LogP contribution in [-0.2, 0) is 7.05 Å². The molecule has 0 saturated carbocycles. The van der Waals surface area contributed by atoms with Crippen LogP contribution < -0.4 is 5.32 Å². The standard InChI is InChI=1S/C15H14N4O/c1-10-7-8-13(16-9-10)18-15(20)14-17-11-5-3-4-6-12(11)19(14)2/h3-9H,1-2H3,(H,16,18,20). The molecule has 2 aromatic heterocycles. The number of nitrogens with one attached hydrogen (secondary N) is 1. The predicted molar refractivity (Wildman–Crippen MR) is 77.6 cm³/mol. The van der Waals surface area contributed by atoms with E-state index >= 15 is 0 Å². The molecule has 20 heavy (non-hydrogen) atoms. The minimum absolute atomic E-state index is 0.264. The van der Waals surface area contributed by atoms with E-state index in [4.69, 9.17) is 0 Å². The second kappa shape index (κ2) is 4.77. The van der Waals surface area contributed by atoms with Crippen molar-refractivity contribution in [2.75, 3.05) is 5.32 Å². The zero-order valence-electron chi connectivity index (χ0n) is 11.3. The van der Waals surface area contributed by atoms with E-state index in [9.17, 15) is 4.79 Å². The number of anilines is 1. The van der Waals surface area contributed by atoms with Crippen LogP contribution >= 0.6 is 0 Å². The lowest BCUT2D eigenvalue weighted by molar-refractivity contribution is 0.101. The zero-order valence-corrected chi connectivity index (χ0v) is 11.3. The molecule has 0 unspecified atom stereocenters. The third-order valence-corrected chi connectivity index (χ3v) is 3.14. The molecule has 0 radical (unpaired) electrons. The van der Waals surface area contributed by atoms with Gasteiger partial charge >= 0.3 is 0 Å². The highest BCUT2D eigenvalue weighted by atomic mass is 16.2. The van der Waals surface area contributed by atoms with E-state index in [1.54, 1.807) is 16.8 Å². The van der Waals surface area contributed by atoms with Gasteiger partial charge in [-0.15, -0.1) is 0 Å². The Morgan fingerprint density at radius 1 is 1.20 bits per heavy atom. The number of pyridine rings is 1. The highest BCUT2D eigenvalue weighted by Crippen LogP contribution is 2.15. The number of imidazole rings is 1. The molecule has 100 valence electrons. The third-order valence-electron chi connectivity index (χ3n) is 3.14. The number of hydrogen-bond donors (Lipinski definition) is 1. The van der Waals surface area contributed by atoms with Crippen LogP contribution in [0.15, 0.2) is 42.6 Å². The largest absolute Gasteiger partial charge is 0.323 e. The summed E-state index contributed by atoms with van der Waals surface area (Å²) < 4.78 is 1.78. The van der Waals surface area contributed by atoms with Gasteiger partial charge in [0.2, 0.25) is 0 Å². The number of rotatable bonds is 2. The van der Waals surface area contributed by atoms with Crippen molar-refractivity contribution in [3.8, 4) is 0 Å². The van der Waals surface area contributed by atoms with E-state index in [-0.39, 0.29) is 5.91 Å². The van der Waals surface area contributed by atoms with E-state index in [1.165, 1.54) is 0 Å². The average Bonchev–Trinajstić information content (AvgIpc) is 2.79. The van der Waals surface area contributed by atoms with E-state index in [0.717, 1.165) is 16.6 Å². The lowest BCUT2D eigenvalue weighted by atomic mass is 10.3. The Morgan fingerprint density at radius 3 is 2.70 bits per heavy atom. The third kappa shape index (κ3) is 2.14. The number of aryl methyl sites for hydroxylation is 2. The number of hydrogen-bond acceptors (Lipinski definition) is 3. The van der Waals surface area contributed by atoms with Crippen molar-refractivity contribution in [1.29, 1.82) is 0 Å². The number of para-hydroxylation sites is 2. The highest BCUT2D eigenvalue weighted by Gasteiger charge is 2.15. The van der Waals surface area contributed by atoms with Crippen LogP contribution in [-0.4, -0.2) is 20.4 Å². The summed E-state index contributed by atoms with van der Waals surface area (Å²) in [6.45, 7) is 1.95. The van der Waals surface area contributed by atoms with Gasteiger partial charge in [0.05, 0.1) is 11.0 Å². The van der Waals surface area contributed by atoms with Gasteiger partial charge in [0.1, 0.15) is 5.82 Å².